The zero-order valence-electron chi connectivity index (χ0n) is 17.1. The van der Waals surface area contributed by atoms with Crippen LogP contribution in [-0.2, 0) is 11.3 Å². The van der Waals surface area contributed by atoms with E-state index in [2.05, 4.69) is 27.2 Å². The summed E-state index contributed by atoms with van der Waals surface area (Å²) in [4.78, 5) is 36.3. The molecule has 5 rings (SSSR count). The maximum Gasteiger partial charge on any atom is 0.262 e. The second-order valence-corrected chi connectivity index (χ2v) is 8.72. The largest absolute Gasteiger partial charge is 0.482 e. The molecule has 1 saturated carbocycles. The number of aromatic amines is 1. The van der Waals surface area contributed by atoms with Gasteiger partial charge < -0.3 is 19.9 Å². The summed E-state index contributed by atoms with van der Waals surface area (Å²) in [5.74, 6) is 1.68. The summed E-state index contributed by atoms with van der Waals surface area (Å²) in [6.07, 6.45) is 6.98. The fourth-order valence-electron chi connectivity index (χ4n) is 5.16. The van der Waals surface area contributed by atoms with Crippen molar-refractivity contribution in [1.82, 2.24) is 19.8 Å². The number of rotatable bonds is 4. The third-order valence-electron chi connectivity index (χ3n) is 6.79. The molecule has 2 aliphatic heterocycles. The molecule has 30 heavy (non-hydrogen) atoms. The van der Waals surface area contributed by atoms with Crippen LogP contribution in [0.5, 0.6) is 5.75 Å². The van der Waals surface area contributed by atoms with Crippen LogP contribution < -0.4 is 10.1 Å². The van der Waals surface area contributed by atoms with Crippen LogP contribution in [0, 0.1) is 11.8 Å². The highest BCUT2D eigenvalue weighted by atomic mass is 16.5. The summed E-state index contributed by atoms with van der Waals surface area (Å²) in [6.45, 7) is 2.47. The van der Waals surface area contributed by atoms with E-state index >= 15 is 0 Å². The van der Waals surface area contributed by atoms with Crippen LogP contribution in [0.1, 0.15) is 35.3 Å². The van der Waals surface area contributed by atoms with Crippen LogP contribution in [0.15, 0.2) is 30.7 Å². The van der Waals surface area contributed by atoms with Crippen LogP contribution in [0.25, 0.3) is 0 Å². The summed E-state index contributed by atoms with van der Waals surface area (Å²) in [7, 11) is 2.18. The Bertz CT molecular complexity index is 944. The zero-order chi connectivity index (χ0) is 20.7. The monoisotopic (exact) mass is 409 g/mol. The van der Waals surface area contributed by atoms with E-state index in [0.717, 1.165) is 38.2 Å². The molecular weight excluding hydrogens is 382 g/mol. The van der Waals surface area contributed by atoms with Gasteiger partial charge in [0.25, 0.3) is 11.8 Å². The van der Waals surface area contributed by atoms with Crippen LogP contribution in [0.3, 0.4) is 0 Å². The molecule has 0 spiro atoms. The minimum Gasteiger partial charge on any atom is -0.482 e. The lowest BCUT2D eigenvalue weighted by molar-refractivity contribution is -0.118. The minimum atomic E-state index is -0.170. The summed E-state index contributed by atoms with van der Waals surface area (Å²) < 4.78 is 5.47. The molecule has 1 aromatic carbocycles. The van der Waals surface area contributed by atoms with Gasteiger partial charge in [-0.05, 0) is 56.3 Å². The Morgan fingerprint density at radius 2 is 2.20 bits per heavy atom. The molecule has 0 radical (unpaired) electrons. The molecule has 3 heterocycles. The van der Waals surface area contributed by atoms with Gasteiger partial charge in [0.05, 0.1) is 12.0 Å². The summed E-state index contributed by atoms with van der Waals surface area (Å²) in [5, 5.41) is 2.77. The number of nitrogens with one attached hydrogen (secondary N) is 2. The number of ether oxygens (including phenoxy) is 1. The number of likely N-dealkylation sites (tertiary alicyclic amines) is 1. The topological polar surface area (TPSA) is 90.6 Å². The fraction of sp³-hybridized carbons (Fsp3) is 0.500. The molecule has 8 heteroatoms. The number of H-pyrrole nitrogens is 1. The van der Waals surface area contributed by atoms with Crippen LogP contribution in [0.2, 0.25) is 0 Å². The first-order chi connectivity index (χ1) is 14.6. The predicted molar refractivity (Wildman–Crippen MR) is 111 cm³/mol. The summed E-state index contributed by atoms with van der Waals surface area (Å²) in [5.41, 5.74) is 2.38. The normalized spacial score (nSPS) is 25.5. The lowest BCUT2D eigenvalue weighted by Gasteiger charge is -2.35. The number of anilines is 1. The Labute approximate surface area is 175 Å². The van der Waals surface area contributed by atoms with Gasteiger partial charge >= 0.3 is 0 Å². The number of benzene rings is 1. The van der Waals surface area contributed by atoms with Crippen molar-refractivity contribution in [3.63, 3.8) is 0 Å². The molecule has 0 bridgehead atoms. The number of amides is 2. The lowest BCUT2D eigenvalue weighted by Crippen LogP contribution is -2.42. The van der Waals surface area contributed by atoms with Gasteiger partial charge in [-0.1, -0.05) is 0 Å². The number of imidazole rings is 1. The molecule has 1 saturated heterocycles. The van der Waals surface area contributed by atoms with E-state index in [4.69, 9.17) is 4.74 Å². The van der Waals surface area contributed by atoms with E-state index in [1.807, 2.05) is 11.1 Å². The number of fused-ring (bicyclic) bond motifs is 2. The van der Waals surface area contributed by atoms with Gasteiger partial charge in [0.15, 0.2) is 6.61 Å². The van der Waals surface area contributed by atoms with Crippen molar-refractivity contribution >= 4 is 17.5 Å². The Morgan fingerprint density at radius 3 is 3.03 bits per heavy atom. The van der Waals surface area contributed by atoms with Gasteiger partial charge in [-0.2, -0.15) is 0 Å². The van der Waals surface area contributed by atoms with E-state index in [0.29, 0.717) is 34.9 Å². The van der Waals surface area contributed by atoms with Crippen LogP contribution >= 0.6 is 0 Å². The highest BCUT2D eigenvalue weighted by molar-refractivity contribution is 5.99. The first-order valence-electron chi connectivity index (χ1n) is 10.6. The second kappa shape index (κ2) is 7.75. The summed E-state index contributed by atoms with van der Waals surface area (Å²) >= 11 is 0. The first kappa shape index (κ1) is 19.1. The number of aromatic nitrogens is 2. The first-order valence-corrected chi connectivity index (χ1v) is 10.6. The van der Waals surface area contributed by atoms with Crippen molar-refractivity contribution < 1.29 is 14.3 Å². The van der Waals surface area contributed by atoms with Gasteiger partial charge in [-0.25, -0.2) is 4.98 Å². The highest BCUT2D eigenvalue weighted by Gasteiger charge is 2.40. The van der Waals surface area contributed by atoms with E-state index in [-0.39, 0.29) is 18.4 Å². The lowest BCUT2D eigenvalue weighted by atomic mass is 9.88. The van der Waals surface area contributed by atoms with E-state index < -0.39 is 0 Å². The quantitative estimate of drug-likeness (QED) is 0.807. The van der Waals surface area contributed by atoms with Gasteiger partial charge in [0, 0.05) is 43.1 Å². The van der Waals surface area contributed by atoms with Gasteiger partial charge in [-0.15, -0.1) is 0 Å². The maximum atomic E-state index is 13.1. The smallest absolute Gasteiger partial charge is 0.262 e. The molecule has 2 fully saturated rings. The van der Waals surface area contributed by atoms with Crippen molar-refractivity contribution in [2.75, 3.05) is 32.1 Å². The third-order valence-corrected chi connectivity index (χ3v) is 6.79. The van der Waals surface area contributed by atoms with Crippen LogP contribution in [0.4, 0.5) is 5.69 Å². The number of carbonyl (C=O) groups excluding carboxylic acids is 2. The standard InChI is InChI=1S/C22H27N5O3/c1-26(11-17-9-23-13-24-17)18-6-14-4-5-27(10-16(14)7-18)22(29)15-2-3-19-20(8-15)30-12-21(28)25-19/h2-3,8-9,13-14,16,18H,4-7,10-12H2,1H3,(H,23,24)(H,25,28)/t14-,16-,18+/m1/s1. The van der Waals surface area contributed by atoms with E-state index in [1.165, 1.54) is 6.42 Å². The number of hydrogen-bond acceptors (Lipinski definition) is 5. The molecule has 3 aliphatic rings. The molecule has 2 N–H and O–H groups in total. The second-order valence-electron chi connectivity index (χ2n) is 8.72. The fourth-order valence-corrected chi connectivity index (χ4v) is 5.16. The summed E-state index contributed by atoms with van der Waals surface area (Å²) in [6, 6.07) is 5.82. The van der Waals surface area contributed by atoms with Crippen molar-refractivity contribution in [1.29, 1.82) is 0 Å². The van der Waals surface area contributed by atoms with Crippen molar-refractivity contribution in [3.8, 4) is 5.75 Å². The van der Waals surface area contributed by atoms with Gasteiger partial charge in [0.1, 0.15) is 5.75 Å². The van der Waals surface area contributed by atoms with Gasteiger partial charge in [-0.3, -0.25) is 14.5 Å². The Morgan fingerprint density at radius 1 is 1.33 bits per heavy atom. The molecule has 2 amide bonds. The molecule has 1 aliphatic carbocycles. The maximum absolute atomic E-state index is 13.1. The van der Waals surface area contributed by atoms with Crippen molar-refractivity contribution in [2.24, 2.45) is 11.8 Å². The number of nitrogens with zero attached hydrogens (tertiary/aromatic N) is 3. The molecule has 158 valence electrons. The molecule has 0 unspecified atom stereocenters. The Hall–Kier alpha value is -2.87. The number of carbonyl (C=O) groups is 2. The number of piperidine rings is 1. The number of hydrogen-bond donors (Lipinski definition) is 2. The van der Waals surface area contributed by atoms with E-state index in [9.17, 15) is 9.59 Å². The van der Waals surface area contributed by atoms with Gasteiger partial charge in [0.2, 0.25) is 0 Å². The average molecular weight is 409 g/mol. The predicted octanol–water partition coefficient (Wildman–Crippen LogP) is 2.11. The van der Waals surface area contributed by atoms with E-state index in [1.54, 1.807) is 24.5 Å². The minimum absolute atomic E-state index is 0.00837. The Balaban J connectivity index is 1.22. The van der Waals surface area contributed by atoms with Crippen molar-refractivity contribution in [3.05, 3.63) is 42.0 Å². The third kappa shape index (κ3) is 3.67. The molecule has 2 aromatic rings. The van der Waals surface area contributed by atoms with Crippen molar-refractivity contribution in [2.45, 2.75) is 31.8 Å². The Kier molecular flexibility index (Phi) is 4.94. The zero-order valence-corrected chi connectivity index (χ0v) is 17.1. The molecule has 1 aromatic heterocycles. The van der Waals surface area contributed by atoms with Crippen LogP contribution in [-0.4, -0.2) is 64.4 Å². The molecular formula is C22H27N5O3. The highest BCUT2D eigenvalue weighted by Crippen LogP contribution is 2.40. The average Bonchev–Trinajstić information content (AvgIpc) is 3.41. The molecule has 8 nitrogen and oxygen atoms in total. The SMILES string of the molecule is CN(Cc1cnc[nH]1)[C@H]1C[C@H]2CCN(C(=O)c3ccc4c(c3)OCC(=O)N4)C[C@H]2C1. The molecule has 3 atom stereocenters.